The summed E-state index contributed by atoms with van der Waals surface area (Å²) < 4.78 is 0. The smallest absolute Gasteiger partial charge is 0.270 e. The van der Waals surface area contributed by atoms with Crippen molar-refractivity contribution in [3.8, 4) is 0 Å². The van der Waals surface area contributed by atoms with Gasteiger partial charge in [-0.1, -0.05) is 38.5 Å². The third kappa shape index (κ3) is 4.54. The van der Waals surface area contributed by atoms with E-state index < -0.39 is 0 Å². The largest absolute Gasteiger partial charge is 0.351 e. The molecule has 2 N–H and O–H groups in total. The first-order valence-corrected chi connectivity index (χ1v) is 8.54. The summed E-state index contributed by atoms with van der Waals surface area (Å²) in [5, 5.41) is 6.26. The molecule has 2 rings (SSSR count). The highest BCUT2D eigenvalue weighted by molar-refractivity contribution is 5.93. The SMILES string of the molecule is CCCCNC(=O)c1cc(Nc2c(C)cccc2CC)nc(C)n1. The van der Waals surface area contributed by atoms with Crippen LogP contribution < -0.4 is 10.6 Å². The molecule has 0 saturated carbocycles. The van der Waals surface area contributed by atoms with Gasteiger partial charge in [0, 0.05) is 18.3 Å². The maximum Gasteiger partial charge on any atom is 0.270 e. The van der Waals surface area contributed by atoms with Gasteiger partial charge in [0.25, 0.3) is 5.91 Å². The van der Waals surface area contributed by atoms with Crippen LogP contribution in [0.25, 0.3) is 0 Å². The number of unbranched alkanes of at least 4 members (excludes halogenated alkanes) is 1. The van der Waals surface area contributed by atoms with Crippen molar-refractivity contribution >= 4 is 17.4 Å². The lowest BCUT2D eigenvalue weighted by Crippen LogP contribution is -2.25. The number of aromatic nitrogens is 2. The number of rotatable bonds is 7. The van der Waals surface area contributed by atoms with Crippen LogP contribution in [0.2, 0.25) is 0 Å². The Bertz CT molecular complexity index is 713. The van der Waals surface area contributed by atoms with Gasteiger partial charge in [0.1, 0.15) is 17.3 Å². The number of carbonyl (C=O) groups is 1. The second-order valence-electron chi connectivity index (χ2n) is 5.88. The summed E-state index contributed by atoms with van der Waals surface area (Å²) in [6.45, 7) is 8.74. The second kappa shape index (κ2) is 8.43. The minimum atomic E-state index is -0.155. The third-order valence-electron chi connectivity index (χ3n) is 3.88. The van der Waals surface area contributed by atoms with E-state index in [9.17, 15) is 4.79 Å². The van der Waals surface area contributed by atoms with Crippen molar-refractivity contribution in [1.29, 1.82) is 0 Å². The fraction of sp³-hybridized carbons (Fsp3) is 0.421. The Hall–Kier alpha value is -2.43. The molecule has 0 saturated heterocycles. The van der Waals surface area contributed by atoms with E-state index >= 15 is 0 Å². The summed E-state index contributed by atoms with van der Waals surface area (Å²) in [4.78, 5) is 20.9. The molecule has 0 bridgehead atoms. The van der Waals surface area contributed by atoms with Crippen LogP contribution in [0, 0.1) is 13.8 Å². The Morgan fingerprint density at radius 3 is 2.67 bits per heavy atom. The molecular formula is C19H26N4O. The summed E-state index contributed by atoms with van der Waals surface area (Å²) in [6.07, 6.45) is 2.94. The fourth-order valence-corrected chi connectivity index (χ4v) is 2.55. The molecule has 0 aliphatic rings. The zero-order chi connectivity index (χ0) is 17.5. The number of amides is 1. The number of nitrogens with one attached hydrogen (secondary N) is 2. The van der Waals surface area contributed by atoms with E-state index in [4.69, 9.17) is 0 Å². The van der Waals surface area contributed by atoms with E-state index in [1.54, 1.807) is 13.0 Å². The lowest BCUT2D eigenvalue weighted by molar-refractivity contribution is 0.0948. The molecule has 0 aliphatic carbocycles. The standard InChI is InChI=1S/C19H26N4O/c1-5-7-11-20-19(24)16-12-17(22-14(4)21-16)23-18-13(3)9-8-10-15(18)6-2/h8-10,12H,5-7,11H2,1-4H3,(H,20,24)(H,21,22,23). The third-order valence-corrected chi connectivity index (χ3v) is 3.88. The first kappa shape index (κ1) is 17.9. The number of carbonyl (C=O) groups excluding carboxylic acids is 1. The molecule has 1 aromatic carbocycles. The summed E-state index contributed by atoms with van der Waals surface area (Å²) in [7, 11) is 0. The van der Waals surface area contributed by atoms with Gasteiger partial charge in [0.05, 0.1) is 0 Å². The average molecular weight is 326 g/mol. The van der Waals surface area contributed by atoms with Crippen molar-refractivity contribution in [1.82, 2.24) is 15.3 Å². The van der Waals surface area contributed by atoms with Gasteiger partial charge < -0.3 is 10.6 Å². The van der Waals surface area contributed by atoms with Crippen molar-refractivity contribution in [2.24, 2.45) is 0 Å². The van der Waals surface area contributed by atoms with Gasteiger partial charge in [-0.05, 0) is 37.8 Å². The summed E-state index contributed by atoms with van der Waals surface area (Å²) in [6, 6.07) is 7.92. The molecule has 0 atom stereocenters. The van der Waals surface area contributed by atoms with Crippen molar-refractivity contribution in [2.75, 3.05) is 11.9 Å². The molecule has 0 radical (unpaired) electrons. The molecule has 1 amide bonds. The van der Waals surface area contributed by atoms with Gasteiger partial charge in [-0.3, -0.25) is 4.79 Å². The molecule has 2 aromatic rings. The Morgan fingerprint density at radius 2 is 1.96 bits per heavy atom. The van der Waals surface area contributed by atoms with Crippen LogP contribution in [0.5, 0.6) is 0 Å². The average Bonchev–Trinajstić information content (AvgIpc) is 2.56. The molecule has 1 aromatic heterocycles. The molecule has 0 fully saturated rings. The van der Waals surface area contributed by atoms with Crippen LogP contribution in [0.1, 0.15) is 54.1 Å². The molecule has 0 unspecified atom stereocenters. The van der Waals surface area contributed by atoms with Gasteiger partial charge >= 0.3 is 0 Å². The fourth-order valence-electron chi connectivity index (χ4n) is 2.55. The first-order valence-electron chi connectivity index (χ1n) is 8.54. The topological polar surface area (TPSA) is 66.9 Å². The van der Waals surface area contributed by atoms with Gasteiger partial charge in [-0.15, -0.1) is 0 Å². The quantitative estimate of drug-likeness (QED) is 0.757. The molecule has 1 heterocycles. The van der Waals surface area contributed by atoms with Crippen molar-refractivity contribution in [3.63, 3.8) is 0 Å². The van der Waals surface area contributed by atoms with Gasteiger partial charge in [-0.25, -0.2) is 9.97 Å². The van der Waals surface area contributed by atoms with E-state index in [-0.39, 0.29) is 5.91 Å². The number of hydrogen-bond acceptors (Lipinski definition) is 4. The maximum atomic E-state index is 12.2. The van der Waals surface area contributed by atoms with Crippen LogP contribution in [0.3, 0.4) is 0 Å². The lowest BCUT2D eigenvalue weighted by atomic mass is 10.1. The maximum absolute atomic E-state index is 12.2. The number of aryl methyl sites for hydroxylation is 3. The van der Waals surface area contributed by atoms with E-state index in [1.165, 1.54) is 5.56 Å². The van der Waals surface area contributed by atoms with Crippen LogP contribution in [0.15, 0.2) is 24.3 Å². The van der Waals surface area contributed by atoms with Crippen LogP contribution >= 0.6 is 0 Å². The van der Waals surface area contributed by atoms with Crippen molar-refractivity contribution in [2.45, 2.75) is 47.0 Å². The van der Waals surface area contributed by atoms with Gasteiger partial charge in [-0.2, -0.15) is 0 Å². The molecule has 0 spiro atoms. The lowest BCUT2D eigenvalue weighted by Gasteiger charge is -2.14. The molecular weight excluding hydrogens is 300 g/mol. The predicted octanol–water partition coefficient (Wildman–Crippen LogP) is 3.93. The van der Waals surface area contributed by atoms with E-state index in [2.05, 4.69) is 59.6 Å². The van der Waals surface area contributed by atoms with Gasteiger partial charge in [0.15, 0.2) is 0 Å². The highest BCUT2D eigenvalue weighted by atomic mass is 16.1. The molecule has 5 nitrogen and oxygen atoms in total. The Morgan fingerprint density at radius 1 is 1.17 bits per heavy atom. The van der Waals surface area contributed by atoms with Crippen LogP contribution in [-0.2, 0) is 6.42 Å². The minimum absolute atomic E-state index is 0.155. The normalized spacial score (nSPS) is 10.5. The predicted molar refractivity (Wildman–Crippen MR) is 97.8 cm³/mol. The van der Waals surface area contributed by atoms with E-state index in [0.29, 0.717) is 23.9 Å². The summed E-state index contributed by atoms with van der Waals surface area (Å²) in [5.74, 6) is 1.07. The first-order chi connectivity index (χ1) is 11.5. The van der Waals surface area contributed by atoms with Crippen LogP contribution in [0.4, 0.5) is 11.5 Å². The zero-order valence-corrected chi connectivity index (χ0v) is 14.9. The number of hydrogen-bond donors (Lipinski definition) is 2. The summed E-state index contributed by atoms with van der Waals surface area (Å²) in [5.41, 5.74) is 3.82. The number of benzene rings is 1. The van der Waals surface area contributed by atoms with Crippen LogP contribution in [-0.4, -0.2) is 22.4 Å². The Labute approximate surface area is 143 Å². The summed E-state index contributed by atoms with van der Waals surface area (Å²) >= 11 is 0. The Balaban J connectivity index is 2.24. The second-order valence-corrected chi connectivity index (χ2v) is 5.88. The molecule has 0 aliphatic heterocycles. The van der Waals surface area contributed by atoms with E-state index in [1.807, 2.05) is 0 Å². The Kier molecular flexibility index (Phi) is 6.29. The van der Waals surface area contributed by atoms with Crippen molar-refractivity contribution in [3.05, 3.63) is 46.9 Å². The van der Waals surface area contributed by atoms with E-state index in [0.717, 1.165) is 30.5 Å². The number of para-hydroxylation sites is 1. The van der Waals surface area contributed by atoms with Crippen molar-refractivity contribution < 1.29 is 4.79 Å². The molecule has 24 heavy (non-hydrogen) atoms. The zero-order valence-electron chi connectivity index (χ0n) is 14.9. The van der Waals surface area contributed by atoms with Gasteiger partial charge in [0.2, 0.25) is 0 Å². The molecule has 5 heteroatoms. The monoisotopic (exact) mass is 326 g/mol. The highest BCUT2D eigenvalue weighted by Crippen LogP contribution is 2.24. The number of anilines is 2. The molecule has 128 valence electrons. The number of nitrogens with zero attached hydrogens (tertiary/aromatic N) is 2. The minimum Gasteiger partial charge on any atom is -0.351 e. The highest BCUT2D eigenvalue weighted by Gasteiger charge is 2.12.